The fraction of sp³-hybridized carbons (Fsp3) is 0.120. The van der Waals surface area contributed by atoms with Gasteiger partial charge in [-0.05, 0) is 82.4 Å². The fourth-order valence-corrected chi connectivity index (χ4v) is 3.30. The molecule has 3 aromatic rings. The lowest BCUT2D eigenvalue weighted by atomic mass is 10.1. The first-order chi connectivity index (χ1) is 14.5. The molecule has 0 aromatic heterocycles. The fourth-order valence-electron chi connectivity index (χ4n) is 2.79. The summed E-state index contributed by atoms with van der Waals surface area (Å²) in [7, 11) is 0. The number of ether oxygens (including phenoxy) is 1. The Morgan fingerprint density at radius 3 is 2.50 bits per heavy atom. The summed E-state index contributed by atoms with van der Waals surface area (Å²) in [6.07, 6.45) is 1.56. The molecule has 0 saturated heterocycles. The Labute approximate surface area is 184 Å². The number of aryl methyl sites for hydroxylation is 2. The minimum Gasteiger partial charge on any atom is -0.488 e. The van der Waals surface area contributed by atoms with E-state index in [1.54, 1.807) is 6.08 Å². The van der Waals surface area contributed by atoms with Crippen LogP contribution < -0.4 is 10.1 Å². The summed E-state index contributed by atoms with van der Waals surface area (Å²) in [4.78, 5) is 12.5. The minimum atomic E-state index is -0.443. The number of benzene rings is 3. The Morgan fingerprint density at radius 1 is 1.07 bits per heavy atom. The number of hydrogen-bond acceptors (Lipinski definition) is 3. The number of halogens is 1. The average Bonchev–Trinajstić information content (AvgIpc) is 2.74. The molecule has 30 heavy (non-hydrogen) atoms. The first kappa shape index (κ1) is 21.4. The normalized spacial score (nSPS) is 10.9. The van der Waals surface area contributed by atoms with Crippen LogP contribution >= 0.6 is 15.9 Å². The molecule has 0 heterocycles. The largest absolute Gasteiger partial charge is 0.488 e. The Balaban J connectivity index is 1.71. The molecule has 3 aromatic carbocycles. The van der Waals surface area contributed by atoms with E-state index in [9.17, 15) is 10.1 Å². The van der Waals surface area contributed by atoms with Crippen LogP contribution in [0.2, 0.25) is 0 Å². The highest BCUT2D eigenvalue weighted by Gasteiger charge is 2.11. The lowest BCUT2D eigenvalue weighted by molar-refractivity contribution is -0.112. The van der Waals surface area contributed by atoms with Crippen molar-refractivity contribution in [1.29, 1.82) is 5.26 Å². The third-order valence-electron chi connectivity index (χ3n) is 4.63. The van der Waals surface area contributed by atoms with Gasteiger partial charge in [0.25, 0.3) is 5.91 Å². The van der Waals surface area contributed by atoms with Crippen LogP contribution in [0.1, 0.15) is 22.3 Å². The number of carbonyl (C=O) groups excluding carboxylic acids is 1. The molecular weight excluding hydrogens is 440 g/mol. The molecule has 0 fully saturated rings. The molecule has 0 spiro atoms. The number of nitrogens with one attached hydrogen (secondary N) is 1. The number of nitrogens with zero attached hydrogens (tertiary/aromatic N) is 1. The summed E-state index contributed by atoms with van der Waals surface area (Å²) in [5.41, 5.74) is 4.70. The van der Waals surface area contributed by atoms with Crippen molar-refractivity contribution in [2.45, 2.75) is 20.5 Å². The van der Waals surface area contributed by atoms with Gasteiger partial charge in [0.1, 0.15) is 24.0 Å². The number of rotatable bonds is 6. The topological polar surface area (TPSA) is 62.1 Å². The van der Waals surface area contributed by atoms with E-state index in [-0.39, 0.29) is 5.57 Å². The predicted octanol–water partition coefficient (Wildman–Crippen LogP) is 6.19. The molecule has 0 radical (unpaired) electrons. The highest BCUT2D eigenvalue weighted by atomic mass is 79.9. The van der Waals surface area contributed by atoms with Crippen LogP contribution in [0.3, 0.4) is 0 Å². The van der Waals surface area contributed by atoms with E-state index in [4.69, 9.17) is 4.74 Å². The third kappa shape index (κ3) is 5.59. The second kappa shape index (κ2) is 9.91. The van der Waals surface area contributed by atoms with Gasteiger partial charge in [-0.2, -0.15) is 5.26 Å². The molecule has 0 atom stereocenters. The van der Waals surface area contributed by atoms with E-state index >= 15 is 0 Å². The van der Waals surface area contributed by atoms with Crippen molar-refractivity contribution in [3.63, 3.8) is 0 Å². The SMILES string of the molecule is Cc1ccc(NC(=O)/C(C#N)=C/c2ccc(OCc3ccccc3)c(Br)c2)cc1C. The van der Waals surface area contributed by atoms with E-state index in [2.05, 4.69) is 21.2 Å². The molecule has 0 aliphatic carbocycles. The smallest absolute Gasteiger partial charge is 0.266 e. The minimum absolute atomic E-state index is 0.0260. The Kier molecular flexibility index (Phi) is 7.05. The Bertz CT molecular complexity index is 1130. The van der Waals surface area contributed by atoms with E-state index in [1.807, 2.05) is 86.6 Å². The summed E-state index contributed by atoms with van der Waals surface area (Å²) >= 11 is 3.50. The highest BCUT2D eigenvalue weighted by molar-refractivity contribution is 9.10. The maximum atomic E-state index is 12.5. The predicted molar refractivity (Wildman–Crippen MR) is 123 cm³/mol. The van der Waals surface area contributed by atoms with Crippen LogP contribution in [-0.2, 0) is 11.4 Å². The van der Waals surface area contributed by atoms with Gasteiger partial charge in [0.2, 0.25) is 0 Å². The van der Waals surface area contributed by atoms with Crippen LogP contribution in [0.4, 0.5) is 5.69 Å². The van der Waals surface area contributed by atoms with Gasteiger partial charge in [0, 0.05) is 5.69 Å². The van der Waals surface area contributed by atoms with Crippen molar-refractivity contribution in [2.24, 2.45) is 0 Å². The number of carbonyl (C=O) groups is 1. The molecule has 0 aliphatic heterocycles. The number of hydrogen-bond donors (Lipinski definition) is 1. The van der Waals surface area contributed by atoms with E-state index in [0.29, 0.717) is 18.0 Å². The first-order valence-electron chi connectivity index (χ1n) is 9.43. The van der Waals surface area contributed by atoms with Crippen LogP contribution in [0, 0.1) is 25.2 Å². The van der Waals surface area contributed by atoms with Gasteiger partial charge in [-0.1, -0.05) is 42.5 Å². The maximum absolute atomic E-state index is 12.5. The molecule has 4 nitrogen and oxygen atoms in total. The zero-order chi connectivity index (χ0) is 21.5. The van der Waals surface area contributed by atoms with Crippen molar-refractivity contribution in [2.75, 3.05) is 5.32 Å². The van der Waals surface area contributed by atoms with Crippen molar-refractivity contribution >= 4 is 33.6 Å². The molecular formula is C25H21BrN2O2. The summed E-state index contributed by atoms with van der Waals surface area (Å²) < 4.78 is 6.59. The van der Waals surface area contributed by atoms with Crippen LogP contribution in [0.5, 0.6) is 5.75 Å². The van der Waals surface area contributed by atoms with Gasteiger partial charge in [-0.15, -0.1) is 0 Å². The molecule has 0 bridgehead atoms. The molecule has 5 heteroatoms. The number of anilines is 1. The molecule has 1 N–H and O–H groups in total. The summed E-state index contributed by atoms with van der Waals surface area (Å²) in [6.45, 7) is 4.44. The van der Waals surface area contributed by atoms with Crippen molar-refractivity contribution in [1.82, 2.24) is 0 Å². The zero-order valence-electron chi connectivity index (χ0n) is 16.8. The molecule has 1 amide bonds. The van der Waals surface area contributed by atoms with Crippen LogP contribution in [0.15, 0.2) is 76.8 Å². The van der Waals surface area contributed by atoms with Crippen molar-refractivity contribution in [3.05, 3.63) is 99.0 Å². The summed E-state index contributed by atoms with van der Waals surface area (Å²) in [5.74, 6) is 0.246. The van der Waals surface area contributed by atoms with Gasteiger partial charge < -0.3 is 10.1 Å². The van der Waals surface area contributed by atoms with Gasteiger partial charge in [0.15, 0.2) is 0 Å². The van der Waals surface area contributed by atoms with Crippen LogP contribution in [0.25, 0.3) is 6.08 Å². The Morgan fingerprint density at radius 2 is 1.83 bits per heavy atom. The number of amides is 1. The summed E-state index contributed by atoms with van der Waals surface area (Å²) in [6, 6.07) is 23.0. The van der Waals surface area contributed by atoms with Gasteiger partial charge >= 0.3 is 0 Å². The number of nitriles is 1. The highest BCUT2D eigenvalue weighted by Crippen LogP contribution is 2.28. The van der Waals surface area contributed by atoms with Gasteiger partial charge in [-0.3, -0.25) is 4.79 Å². The summed E-state index contributed by atoms with van der Waals surface area (Å²) in [5, 5.41) is 12.2. The molecule has 0 unspecified atom stereocenters. The molecule has 0 saturated carbocycles. The average molecular weight is 461 g/mol. The van der Waals surface area contributed by atoms with Gasteiger partial charge in [-0.25, -0.2) is 0 Å². The zero-order valence-corrected chi connectivity index (χ0v) is 18.4. The quantitative estimate of drug-likeness (QED) is 0.352. The second-order valence-electron chi connectivity index (χ2n) is 6.89. The monoisotopic (exact) mass is 460 g/mol. The molecule has 0 aliphatic rings. The lowest BCUT2D eigenvalue weighted by Crippen LogP contribution is -2.13. The second-order valence-corrected chi connectivity index (χ2v) is 7.74. The first-order valence-corrected chi connectivity index (χ1v) is 10.2. The molecule has 3 rings (SSSR count). The van der Waals surface area contributed by atoms with Crippen molar-refractivity contribution < 1.29 is 9.53 Å². The van der Waals surface area contributed by atoms with Gasteiger partial charge in [0.05, 0.1) is 4.47 Å². The van der Waals surface area contributed by atoms with E-state index in [1.165, 1.54) is 0 Å². The van der Waals surface area contributed by atoms with Crippen LogP contribution in [-0.4, -0.2) is 5.91 Å². The Hall–Kier alpha value is -3.36. The maximum Gasteiger partial charge on any atom is 0.266 e. The standard InChI is InChI=1S/C25H21BrN2O2/c1-17-8-10-22(12-18(17)2)28-25(29)21(15-27)13-20-9-11-24(23(26)14-20)30-16-19-6-4-3-5-7-19/h3-14H,16H2,1-2H3,(H,28,29)/b21-13+. The van der Waals surface area contributed by atoms with Crippen molar-refractivity contribution in [3.8, 4) is 11.8 Å². The van der Waals surface area contributed by atoms with E-state index < -0.39 is 5.91 Å². The van der Waals surface area contributed by atoms with E-state index in [0.717, 1.165) is 26.7 Å². The lowest BCUT2D eigenvalue weighted by Gasteiger charge is -2.09. The molecule has 150 valence electrons. The third-order valence-corrected chi connectivity index (χ3v) is 5.25.